The molecule has 248 valence electrons. The van der Waals surface area contributed by atoms with Gasteiger partial charge in [0, 0.05) is 12.8 Å². The minimum atomic E-state index is -4.84. The van der Waals surface area contributed by atoms with Gasteiger partial charge in [-0.1, -0.05) is 78.9 Å². The standard InChI is InChI=1S/C35H37F4N5O3/c1-33(2,36)19-28(31(46)43-27(20-40)18-22-6-4-3-5-7-22)44-30(35(37,38)39)25-10-8-23(9-11-25)24-12-14-26(15-13-24)34(16-17-34)32(47)42-21-29(41)45/h3-15,27-28,30,44H,16-19,21H2,1-2H3,(H2,41,45)(H,42,47)(H,43,46)/t27-,28-,30-/m0/s1. The number of halogens is 4. The van der Waals surface area contributed by atoms with E-state index in [2.05, 4.69) is 16.0 Å². The van der Waals surface area contributed by atoms with Crippen LogP contribution in [0.4, 0.5) is 17.6 Å². The van der Waals surface area contributed by atoms with Crippen LogP contribution in [0.5, 0.6) is 0 Å². The zero-order valence-electron chi connectivity index (χ0n) is 26.0. The lowest BCUT2D eigenvalue weighted by molar-refractivity contribution is -0.161. The number of amides is 3. The summed E-state index contributed by atoms with van der Waals surface area (Å²) in [5.74, 6) is -1.85. The van der Waals surface area contributed by atoms with Gasteiger partial charge in [-0.3, -0.25) is 19.7 Å². The number of benzene rings is 3. The molecule has 3 aromatic rings. The monoisotopic (exact) mass is 651 g/mol. The molecule has 0 bridgehead atoms. The van der Waals surface area contributed by atoms with E-state index in [1.807, 2.05) is 6.07 Å². The minimum Gasteiger partial charge on any atom is -0.368 e. The van der Waals surface area contributed by atoms with E-state index in [1.54, 1.807) is 54.6 Å². The van der Waals surface area contributed by atoms with Crippen LogP contribution in [-0.4, -0.2) is 48.2 Å². The lowest BCUT2D eigenvalue weighted by Gasteiger charge is -2.30. The number of carbonyl (C=O) groups is 3. The van der Waals surface area contributed by atoms with Gasteiger partial charge in [-0.05, 0) is 54.5 Å². The topological polar surface area (TPSA) is 137 Å². The number of nitrogens with one attached hydrogen (secondary N) is 3. The van der Waals surface area contributed by atoms with E-state index >= 15 is 0 Å². The summed E-state index contributed by atoms with van der Waals surface area (Å²) in [6.07, 6.45) is -4.06. The van der Waals surface area contributed by atoms with E-state index < -0.39 is 53.6 Å². The molecular weight excluding hydrogens is 614 g/mol. The molecular formula is C35H37F4N5O3. The average molecular weight is 652 g/mol. The van der Waals surface area contributed by atoms with Gasteiger partial charge in [-0.15, -0.1) is 0 Å². The number of nitrogens with zero attached hydrogens (tertiary/aromatic N) is 1. The fraction of sp³-hybridized carbons (Fsp3) is 0.371. The van der Waals surface area contributed by atoms with Gasteiger partial charge in [0.15, 0.2) is 0 Å². The SMILES string of the molecule is CC(C)(F)C[C@H](N[C@@H](c1ccc(-c2ccc(C3(C(=O)NCC(N)=O)CC3)cc2)cc1)C(F)(F)F)C(=O)N[C@H](C#N)Cc1ccccc1. The Balaban J connectivity index is 1.51. The fourth-order valence-corrected chi connectivity index (χ4v) is 5.50. The third-order valence-corrected chi connectivity index (χ3v) is 8.08. The highest BCUT2D eigenvalue weighted by Crippen LogP contribution is 2.48. The Morgan fingerprint density at radius 1 is 0.915 bits per heavy atom. The average Bonchev–Trinajstić information content (AvgIpc) is 3.83. The molecule has 5 N–H and O–H groups in total. The second-order valence-electron chi connectivity index (χ2n) is 12.4. The molecule has 0 heterocycles. The van der Waals surface area contributed by atoms with E-state index in [1.165, 1.54) is 38.1 Å². The van der Waals surface area contributed by atoms with Crippen molar-refractivity contribution < 1.29 is 31.9 Å². The molecule has 3 aromatic carbocycles. The number of carbonyl (C=O) groups excluding carboxylic acids is 3. The van der Waals surface area contributed by atoms with E-state index in [9.17, 15) is 37.2 Å². The summed E-state index contributed by atoms with van der Waals surface area (Å²) in [5.41, 5.74) is 5.01. The van der Waals surface area contributed by atoms with Crippen molar-refractivity contribution in [3.8, 4) is 17.2 Å². The first-order chi connectivity index (χ1) is 22.1. The van der Waals surface area contributed by atoms with Crippen LogP contribution in [0.15, 0.2) is 78.9 Å². The highest BCUT2D eigenvalue weighted by molar-refractivity contribution is 5.93. The predicted octanol–water partition coefficient (Wildman–Crippen LogP) is 4.94. The fourth-order valence-electron chi connectivity index (χ4n) is 5.50. The molecule has 0 saturated heterocycles. The summed E-state index contributed by atoms with van der Waals surface area (Å²) < 4.78 is 58.1. The predicted molar refractivity (Wildman–Crippen MR) is 168 cm³/mol. The van der Waals surface area contributed by atoms with Gasteiger partial charge in [-0.2, -0.15) is 18.4 Å². The van der Waals surface area contributed by atoms with Gasteiger partial charge < -0.3 is 16.4 Å². The third kappa shape index (κ3) is 9.39. The molecule has 47 heavy (non-hydrogen) atoms. The van der Waals surface area contributed by atoms with Crippen LogP contribution >= 0.6 is 0 Å². The van der Waals surface area contributed by atoms with Crippen molar-refractivity contribution in [1.82, 2.24) is 16.0 Å². The van der Waals surface area contributed by atoms with Crippen LogP contribution in [0.2, 0.25) is 0 Å². The summed E-state index contributed by atoms with van der Waals surface area (Å²) in [6.45, 7) is 2.08. The van der Waals surface area contributed by atoms with Crippen LogP contribution in [0.25, 0.3) is 11.1 Å². The Labute approximate surface area is 270 Å². The maximum Gasteiger partial charge on any atom is 0.407 e. The Kier molecular flexibility index (Phi) is 10.7. The van der Waals surface area contributed by atoms with Gasteiger partial charge in [0.25, 0.3) is 0 Å². The molecule has 0 radical (unpaired) electrons. The Hall–Kier alpha value is -4.76. The lowest BCUT2D eigenvalue weighted by Crippen LogP contribution is -2.53. The number of alkyl halides is 4. The highest BCUT2D eigenvalue weighted by atomic mass is 19.4. The molecule has 1 aliphatic rings. The number of nitriles is 1. The zero-order valence-corrected chi connectivity index (χ0v) is 26.0. The summed E-state index contributed by atoms with van der Waals surface area (Å²) in [6, 6.07) is 18.5. The van der Waals surface area contributed by atoms with Gasteiger partial charge in [0.05, 0.1) is 24.1 Å². The molecule has 1 aliphatic carbocycles. The van der Waals surface area contributed by atoms with Crippen LogP contribution in [0.3, 0.4) is 0 Å². The van der Waals surface area contributed by atoms with E-state index in [-0.39, 0.29) is 24.4 Å². The van der Waals surface area contributed by atoms with Crippen LogP contribution in [0.1, 0.15) is 55.8 Å². The zero-order chi connectivity index (χ0) is 34.4. The molecule has 0 aromatic heterocycles. The van der Waals surface area contributed by atoms with Crippen molar-refractivity contribution in [2.45, 2.75) is 74.9 Å². The van der Waals surface area contributed by atoms with E-state index in [4.69, 9.17) is 5.73 Å². The van der Waals surface area contributed by atoms with Crippen molar-refractivity contribution in [2.75, 3.05) is 6.54 Å². The lowest BCUT2D eigenvalue weighted by atomic mass is 9.92. The molecule has 4 rings (SSSR count). The Morgan fingerprint density at radius 2 is 1.49 bits per heavy atom. The summed E-state index contributed by atoms with van der Waals surface area (Å²) in [4.78, 5) is 36.9. The first-order valence-electron chi connectivity index (χ1n) is 15.1. The molecule has 8 nitrogen and oxygen atoms in total. The van der Waals surface area contributed by atoms with E-state index in [0.717, 1.165) is 11.1 Å². The van der Waals surface area contributed by atoms with Crippen molar-refractivity contribution >= 4 is 17.7 Å². The summed E-state index contributed by atoms with van der Waals surface area (Å²) in [5, 5.41) is 16.9. The first kappa shape index (κ1) is 35.1. The maximum absolute atomic E-state index is 14.8. The Morgan fingerprint density at radius 3 is 1.98 bits per heavy atom. The largest absolute Gasteiger partial charge is 0.407 e. The number of rotatable bonds is 14. The number of hydrogen-bond donors (Lipinski definition) is 4. The Bertz CT molecular complexity index is 1590. The van der Waals surface area contributed by atoms with E-state index in [0.29, 0.717) is 24.0 Å². The van der Waals surface area contributed by atoms with Gasteiger partial charge in [0.1, 0.15) is 17.8 Å². The van der Waals surface area contributed by atoms with Crippen LogP contribution in [0, 0.1) is 11.3 Å². The van der Waals surface area contributed by atoms with Crippen molar-refractivity contribution in [2.24, 2.45) is 5.73 Å². The molecule has 3 atom stereocenters. The highest BCUT2D eigenvalue weighted by Gasteiger charge is 2.51. The van der Waals surface area contributed by atoms with Crippen molar-refractivity contribution in [3.05, 3.63) is 95.6 Å². The molecule has 0 unspecified atom stereocenters. The molecule has 1 saturated carbocycles. The quantitative estimate of drug-likeness (QED) is 0.183. The van der Waals surface area contributed by atoms with Gasteiger partial charge >= 0.3 is 6.18 Å². The number of primary amides is 1. The molecule has 0 aliphatic heterocycles. The number of nitrogens with two attached hydrogens (primary N) is 1. The third-order valence-electron chi connectivity index (χ3n) is 8.08. The minimum absolute atomic E-state index is 0.128. The van der Waals surface area contributed by atoms with Gasteiger partial charge in [0.2, 0.25) is 17.7 Å². The van der Waals surface area contributed by atoms with Gasteiger partial charge in [-0.25, -0.2) is 4.39 Å². The molecule has 1 fully saturated rings. The van der Waals surface area contributed by atoms with Crippen molar-refractivity contribution in [1.29, 1.82) is 5.26 Å². The maximum atomic E-state index is 14.8. The first-order valence-corrected chi connectivity index (χ1v) is 15.1. The van der Waals surface area contributed by atoms with Crippen molar-refractivity contribution in [3.63, 3.8) is 0 Å². The smallest absolute Gasteiger partial charge is 0.368 e. The number of hydrogen-bond acceptors (Lipinski definition) is 5. The normalized spacial score (nSPS) is 15.9. The second kappa shape index (κ2) is 14.3. The molecule has 3 amide bonds. The summed E-state index contributed by atoms with van der Waals surface area (Å²) in [7, 11) is 0. The van der Waals surface area contributed by atoms with Crippen LogP contribution < -0.4 is 21.7 Å². The molecule has 0 spiro atoms. The second-order valence-corrected chi connectivity index (χ2v) is 12.4. The van der Waals surface area contributed by atoms with Crippen LogP contribution in [-0.2, 0) is 26.2 Å². The summed E-state index contributed by atoms with van der Waals surface area (Å²) >= 11 is 0. The molecule has 12 heteroatoms.